The third-order valence-electron chi connectivity index (χ3n) is 2.70. The second kappa shape index (κ2) is 7.16. The molecule has 0 spiro atoms. The van der Waals surface area contributed by atoms with E-state index < -0.39 is 23.3 Å². The summed E-state index contributed by atoms with van der Waals surface area (Å²) in [5, 5.41) is 15.0. The number of urea groups is 1. The summed E-state index contributed by atoms with van der Waals surface area (Å²) in [6, 6.07) is 2.37. The van der Waals surface area contributed by atoms with E-state index in [2.05, 4.69) is 10.6 Å². The Morgan fingerprint density at radius 1 is 1.40 bits per heavy atom. The lowest BCUT2D eigenvalue weighted by Crippen LogP contribution is -2.44. The molecule has 7 heteroatoms. The minimum absolute atomic E-state index is 0.0870. The Morgan fingerprint density at radius 3 is 2.70 bits per heavy atom. The van der Waals surface area contributed by atoms with Gasteiger partial charge in [-0.3, -0.25) is 0 Å². The van der Waals surface area contributed by atoms with Crippen LogP contribution in [-0.4, -0.2) is 37.9 Å². The maximum absolute atomic E-state index is 13.6. The molecule has 1 aromatic carbocycles. The number of methoxy groups -OCH3 is 1. The average Bonchev–Trinajstić information content (AvgIpc) is 2.36. The maximum atomic E-state index is 13.6. The van der Waals surface area contributed by atoms with Gasteiger partial charge < -0.3 is 20.5 Å². The summed E-state index contributed by atoms with van der Waals surface area (Å²) in [5.41, 5.74) is -1.73. The molecule has 0 radical (unpaired) electrons. The zero-order chi connectivity index (χ0) is 15.2. The molecule has 20 heavy (non-hydrogen) atoms. The van der Waals surface area contributed by atoms with Crippen molar-refractivity contribution in [3.63, 3.8) is 0 Å². The molecule has 0 aliphatic carbocycles. The molecule has 0 aliphatic heterocycles. The zero-order valence-electron chi connectivity index (χ0n) is 11.4. The smallest absolute Gasteiger partial charge is 0.314 e. The van der Waals surface area contributed by atoms with E-state index in [1.807, 2.05) is 0 Å². The molecule has 0 aromatic heterocycles. The lowest BCUT2D eigenvalue weighted by Gasteiger charge is -2.24. The number of carbonyl (C=O) groups is 1. The van der Waals surface area contributed by atoms with E-state index in [-0.39, 0.29) is 12.1 Å². The fraction of sp³-hybridized carbons (Fsp3) is 0.462. The van der Waals surface area contributed by atoms with Gasteiger partial charge in [-0.1, -0.05) is 6.07 Å². The van der Waals surface area contributed by atoms with E-state index in [0.29, 0.717) is 19.2 Å². The van der Waals surface area contributed by atoms with E-state index in [4.69, 9.17) is 4.74 Å². The van der Waals surface area contributed by atoms with Gasteiger partial charge in [0.2, 0.25) is 0 Å². The number of halogens is 2. The number of nitrogens with one attached hydrogen (secondary N) is 2. The number of aliphatic hydroxyl groups is 1. The highest BCUT2D eigenvalue weighted by atomic mass is 19.1. The van der Waals surface area contributed by atoms with Crippen LogP contribution < -0.4 is 10.6 Å². The van der Waals surface area contributed by atoms with Crippen molar-refractivity contribution in [2.24, 2.45) is 0 Å². The van der Waals surface area contributed by atoms with Gasteiger partial charge in [-0.2, -0.15) is 0 Å². The lowest BCUT2D eigenvalue weighted by molar-refractivity contribution is 0.0554. The number of carbonyl (C=O) groups excluding carboxylic acids is 1. The molecule has 1 aromatic rings. The maximum Gasteiger partial charge on any atom is 0.314 e. The summed E-state index contributed by atoms with van der Waals surface area (Å²) < 4.78 is 31.1. The highest BCUT2D eigenvalue weighted by molar-refractivity contribution is 5.73. The number of benzene rings is 1. The SMILES string of the molecule is COCCNC(=O)NC[C@](C)(O)c1ccc(F)cc1F. The molecule has 2 amide bonds. The van der Waals surface area contributed by atoms with Gasteiger partial charge in [0.1, 0.15) is 17.2 Å². The Morgan fingerprint density at radius 2 is 2.10 bits per heavy atom. The van der Waals surface area contributed by atoms with Gasteiger partial charge >= 0.3 is 6.03 Å². The molecular weight excluding hydrogens is 270 g/mol. The van der Waals surface area contributed by atoms with E-state index in [0.717, 1.165) is 12.1 Å². The van der Waals surface area contributed by atoms with Crippen LogP contribution in [0.4, 0.5) is 13.6 Å². The van der Waals surface area contributed by atoms with Crippen molar-refractivity contribution in [1.29, 1.82) is 0 Å². The first-order valence-corrected chi connectivity index (χ1v) is 6.05. The summed E-state index contributed by atoms with van der Waals surface area (Å²) in [4.78, 5) is 11.4. The highest BCUT2D eigenvalue weighted by Crippen LogP contribution is 2.23. The number of rotatable bonds is 6. The van der Waals surface area contributed by atoms with Crippen LogP contribution in [0.2, 0.25) is 0 Å². The van der Waals surface area contributed by atoms with Crippen LogP contribution in [0, 0.1) is 11.6 Å². The number of ether oxygens (including phenoxy) is 1. The summed E-state index contributed by atoms with van der Waals surface area (Å²) in [6.07, 6.45) is 0. The predicted octanol–water partition coefficient (Wildman–Crippen LogP) is 1.12. The van der Waals surface area contributed by atoms with Crippen molar-refractivity contribution < 1.29 is 23.4 Å². The van der Waals surface area contributed by atoms with E-state index in [9.17, 15) is 18.7 Å². The predicted molar refractivity (Wildman–Crippen MR) is 69.2 cm³/mol. The molecule has 112 valence electrons. The third-order valence-corrected chi connectivity index (χ3v) is 2.70. The first-order chi connectivity index (χ1) is 9.36. The minimum atomic E-state index is -1.64. The van der Waals surface area contributed by atoms with Crippen LogP contribution in [0.1, 0.15) is 12.5 Å². The molecule has 0 saturated carbocycles. The molecule has 0 bridgehead atoms. The Hall–Kier alpha value is -1.73. The van der Waals surface area contributed by atoms with Crippen molar-refractivity contribution in [3.8, 4) is 0 Å². The van der Waals surface area contributed by atoms with Gasteiger partial charge in [-0.15, -0.1) is 0 Å². The monoisotopic (exact) mass is 288 g/mol. The van der Waals surface area contributed by atoms with Gasteiger partial charge in [0, 0.05) is 25.3 Å². The Kier molecular flexibility index (Phi) is 5.84. The first-order valence-electron chi connectivity index (χ1n) is 6.05. The molecule has 0 unspecified atom stereocenters. The van der Waals surface area contributed by atoms with Crippen molar-refractivity contribution in [3.05, 3.63) is 35.4 Å². The summed E-state index contributed by atoms with van der Waals surface area (Å²) in [5.74, 6) is -1.59. The van der Waals surface area contributed by atoms with Crippen LogP contribution in [0.3, 0.4) is 0 Å². The van der Waals surface area contributed by atoms with Gasteiger partial charge in [0.05, 0.1) is 13.2 Å². The highest BCUT2D eigenvalue weighted by Gasteiger charge is 2.27. The number of hydrogen-bond donors (Lipinski definition) is 3. The minimum Gasteiger partial charge on any atom is -0.383 e. The molecule has 0 saturated heterocycles. The van der Waals surface area contributed by atoms with Crippen molar-refractivity contribution in [1.82, 2.24) is 10.6 Å². The second-order valence-electron chi connectivity index (χ2n) is 4.50. The van der Waals surface area contributed by atoms with E-state index >= 15 is 0 Å². The van der Waals surface area contributed by atoms with Crippen LogP contribution in [0.25, 0.3) is 0 Å². The van der Waals surface area contributed by atoms with Gasteiger partial charge in [0.15, 0.2) is 0 Å². The first kappa shape index (κ1) is 16.3. The van der Waals surface area contributed by atoms with Gasteiger partial charge in [-0.25, -0.2) is 13.6 Å². The fourth-order valence-corrected chi connectivity index (χ4v) is 1.60. The summed E-state index contributed by atoms with van der Waals surface area (Å²) >= 11 is 0. The Bertz CT molecular complexity index is 467. The molecule has 1 atom stereocenters. The van der Waals surface area contributed by atoms with Gasteiger partial charge in [0.25, 0.3) is 0 Å². The Balaban J connectivity index is 2.58. The molecular formula is C13H18F2N2O3. The average molecular weight is 288 g/mol. The lowest BCUT2D eigenvalue weighted by atomic mass is 9.95. The quantitative estimate of drug-likeness (QED) is 0.687. The van der Waals surface area contributed by atoms with E-state index in [1.54, 1.807) is 0 Å². The van der Waals surface area contributed by atoms with Crippen LogP contribution >= 0.6 is 0 Å². The van der Waals surface area contributed by atoms with Crippen molar-refractivity contribution >= 4 is 6.03 Å². The van der Waals surface area contributed by atoms with Crippen molar-refractivity contribution in [2.45, 2.75) is 12.5 Å². The fourth-order valence-electron chi connectivity index (χ4n) is 1.60. The van der Waals surface area contributed by atoms with Crippen LogP contribution in [0.5, 0.6) is 0 Å². The summed E-state index contributed by atoms with van der Waals surface area (Å²) in [7, 11) is 1.50. The second-order valence-corrected chi connectivity index (χ2v) is 4.50. The number of hydrogen-bond acceptors (Lipinski definition) is 3. The number of amides is 2. The topological polar surface area (TPSA) is 70.6 Å². The molecule has 0 heterocycles. The Labute approximate surface area is 115 Å². The zero-order valence-corrected chi connectivity index (χ0v) is 11.4. The van der Waals surface area contributed by atoms with Crippen molar-refractivity contribution in [2.75, 3.05) is 26.8 Å². The largest absolute Gasteiger partial charge is 0.383 e. The summed E-state index contributed by atoms with van der Waals surface area (Å²) in [6.45, 7) is 1.79. The standard InChI is InChI=1S/C13H18F2N2O3/c1-13(19,8-17-12(18)16-5-6-20-2)10-4-3-9(14)7-11(10)15/h3-4,7,19H,5-6,8H2,1-2H3,(H2,16,17,18)/t13-/m0/s1. The molecule has 5 nitrogen and oxygen atoms in total. The molecule has 1 rings (SSSR count). The normalized spacial score (nSPS) is 13.7. The van der Waals surface area contributed by atoms with Crippen LogP contribution in [0.15, 0.2) is 18.2 Å². The van der Waals surface area contributed by atoms with E-state index in [1.165, 1.54) is 14.0 Å². The van der Waals surface area contributed by atoms with Gasteiger partial charge in [-0.05, 0) is 13.0 Å². The van der Waals surface area contributed by atoms with Crippen LogP contribution in [-0.2, 0) is 10.3 Å². The molecule has 3 N–H and O–H groups in total. The molecule has 0 aliphatic rings. The molecule has 0 fully saturated rings. The third kappa shape index (κ3) is 4.75.